The first-order chi connectivity index (χ1) is 7.00. The number of halogens is 1. The first-order valence-electron chi connectivity index (χ1n) is 4.52. The van der Waals surface area contributed by atoms with Crippen LogP contribution in [0.25, 0.3) is 10.9 Å². The van der Waals surface area contributed by atoms with E-state index in [9.17, 15) is 9.18 Å². The second-order valence-corrected chi connectivity index (χ2v) is 3.62. The van der Waals surface area contributed by atoms with E-state index in [1.54, 1.807) is 6.07 Å². The van der Waals surface area contributed by atoms with E-state index in [1.807, 2.05) is 19.9 Å². The molecule has 3 nitrogen and oxygen atoms in total. The number of hydrogen-bond acceptors (Lipinski definition) is 1. The summed E-state index contributed by atoms with van der Waals surface area (Å²) >= 11 is 0. The van der Waals surface area contributed by atoms with E-state index in [2.05, 4.69) is 4.98 Å². The zero-order valence-corrected chi connectivity index (χ0v) is 8.39. The van der Waals surface area contributed by atoms with E-state index < -0.39 is 11.8 Å². The van der Waals surface area contributed by atoms with Gasteiger partial charge in [0.25, 0.3) is 0 Å². The van der Waals surface area contributed by atoms with Crippen molar-refractivity contribution in [2.45, 2.75) is 13.8 Å². The summed E-state index contributed by atoms with van der Waals surface area (Å²) in [6, 6.07) is 3.52. The minimum atomic E-state index is -1.28. The highest BCUT2D eigenvalue weighted by Gasteiger charge is 2.17. The Hall–Kier alpha value is -1.84. The van der Waals surface area contributed by atoms with Gasteiger partial charge in [-0.05, 0) is 25.5 Å². The minimum Gasteiger partial charge on any atom is -0.476 e. The molecular weight excluding hydrogens is 197 g/mol. The van der Waals surface area contributed by atoms with Crippen LogP contribution >= 0.6 is 0 Å². The van der Waals surface area contributed by atoms with Crippen molar-refractivity contribution in [3.63, 3.8) is 0 Å². The number of aromatic carboxylic acids is 1. The van der Waals surface area contributed by atoms with Crippen LogP contribution in [-0.2, 0) is 0 Å². The van der Waals surface area contributed by atoms with Gasteiger partial charge in [0.2, 0.25) is 0 Å². The maximum Gasteiger partial charge on any atom is 0.355 e. The summed E-state index contributed by atoms with van der Waals surface area (Å²) in [6.45, 7) is 3.66. The van der Waals surface area contributed by atoms with Crippen molar-refractivity contribution in [3.05, 3.63) is 34.8 Å². The third-order valence-corrected chi connectivity index (χ3v) is 2.40. The number of carbonyl (C=O) groups is 1. The maximum atomic E-state index is 13.6. The lowest BCUT2D eigenvalue weighted by Crippen LogP contribution is -1.98. The molecule has 0 radical (unpaired) electrons. The Labute approximate surface area is 85.5 Å². The van der Waals surface area contributed by atoms with E-state index >= 15 is 0 Å². The molecule has 2 aromatic rings. The highest BCUT2D eigenvalue weighted by Crippen LogP contribution is 2.25. The number of rotatable bonds is 1. The van der Waals surface area contributed by atoms with Crippen molar-refractivity contribution in [2.24, 2.45) is 0 Å². The van der Waals surface area contributed by atoms with Gasteiger partial charge in [0.05, 0.1) is 5.52 Å². The molecule has 0 fully saturated rings. The summed E-state index contributed by atoms with van der Waals surface area (Å²) in [4.78, 5) is 13.3. The molecule has 0 atom stereocenters. The van der Waals surface area contributed by atoms with Gasteiger partial charge in [0.1, 0.15) is 0 Å². The maximum absolute atomic E-state index is 13.6. The minimum absolute atomic E-state index is 0.338. The summed E-state index contributed by atoms with van der Waals surface area (Å²) in [6.07, 6.45) is 0. The number of H-pyrrole nitrogens is 1. The van der Waals surface area contributed by atoms with E-state index in [0.717, 1.165) is 11.1 Å². The second kappa shape index (κ2) is 3.08. The van der Waals surface area contributed by atoms with Gasteiger partial charge in [-0.3, -0.25) is 0 Å². The summed E-state index contributed by atoms with van der Waals surface area (Å²) in [5.74, 6) is -1.97. The van der Waals surface area contributed by atoms with Gasteiger partial charge in [-0.25, -0.2) is 9.18 Å². The molecule has 2 N–H and O–H groups in total. The van der Waals surface area contributed by atoms with Gasteiger partial charge in [-0.15, -0.1) is 0 Å². The third kappa shape index (κ3) is 1.38. The van der Waals surface area contributed by atoms with Gasteiger partial charge < -0.3 is 10.1 Å². The van der Waals surface area contributed by atoms with Crippen LogP contribution in [0.5, 0.6) is 0 Å². The Morgan fingerprint density at radius 3 is 2.67 bits per heavy atom. The lowest BCUT2D eigenvalue weighted by atomic mass is 10.1. The lowest BCUT2D eigenvalue weighted by molar-refractivity contribution is 0.0686. The summed E-state index contributed by atoms with van der Waals surface area (Å²) in [5, 5.41) is 9.09. The smallest absolute Gasteiger partial charge is 0.355 e. The number of fused-ring (bicyclic) bond motifs is 1. The Balaban J connectivity index is 2.88. The van der Waals surface area contributed by atoms with Gasteiger partial charge in [-0.1, -0.05) is 11.6 Å². The number of benzene rings is 1. The lowest BCUT2D eigenvalue weighted by Gasteiger charge is -1.97. The molecular formula is C11H10FNO2. The highest BCUT2D eigenvalue weighted by molar-refractivity contribution is 5.95. The fraction of sp³-hybridized carbons (Fsp3) is 0.182. The Morgan fingerprint density at radius 1 is 1.40 bits per heavy atom. The van der Waals surface area contributed by atoms with Crippen molar-refractivity contribution < 1.29 is 14.3 Å². The molecule has 4 heteroatoms. The fourth-order valence-corrected chi connectivity index (χ4v) is 1.77. The first-order valence-corrected chi connectivity index (χ1v) is 4.52. The molecule has 1 aromatic carbocycles. The fourth-order valence-electron chi connectivity index (χ4n) is 1.77. The number of aryl methyl sites for hydroxylation is 2. The molecule has 15 heavy (non-hydrogen) atoms. The Kier molecular flexibility index (Phi) is 2.00. The second-order valence-electron chi connectivity index (χ2n) is 3.62. The molecule has 0 saturated heterocycles. The van der Waals surface area contributed by atoms with Gasteiger partial charge >= 0.3 is 5.97 Å². The average Bonchev–Trinajstić information content (AvgIpc) is 2.44. The molecule has 0 unspecified atom stereocenters. The molecule has 0 spiro atoms. The van der Waals surface area contributed by atoms with Crippen molar-refractivity contribution in [3.8, 4) is 0 Å². The van der Waals surface area contributed by atoms with Crippen LogP contribution in [0.3, 0.4) is 0 Å². The molecule has 1 heterocycles. The largest absolute Gasteiger partial charge is 0.476 e. The van der Waals surface area contributed by atoms with Crippen molar-refractivity contribution >= 4 is 16.9 Å². The molecule has 0 bridgehead atoms. The van der Waals surface area contributed by atoms with E-state index in [-0.39, 0.29) is 5.69 Å². The Morgan fingerprint density at radius 2 is 2.07 bits per heavy atom. The highest BCUT2D eigenvalue weighted by atomic mass is 19.1. The molecule has 78 valence electrons. The van der Waals surface area contributed by atoms with E-state index in [4.69, 9.17) is 5.11 Å². The van der Waals surface area contributed by atoms with Gasteiger partial charge in [0, 0.05) is 5.39 Å². The average molecular weight is 207 g/mol. The molecule has 0 aliphatic rings. The number of nitrogens with one attached hydrogen (secondary N) is 1. The quantitative estimate of drug-likeness (QED) is 0.755. The zero-order chi connectivity index (χ0) is 11.2. The predicted molar refractivity (Wildman–Crippen MR) is 54.7 cm³/mol. The standard InChI is InChI=1S/C11H10FNO2/c1-5-3-6(2)9-7(4-5)8(12)10(13-9)11(14)15/h3-4,13H,1-2H3,(H,14,15). The summed E-state index contributed by atoms with van der Waals surface area (Å²) in [7, 11) is 0. The van der Waals surface area contributed by atoms with Crippen LogP contribution in [0.4, 0.5) is 4.39 Å². The summed E-state index contributed by atoms with van der Waals surface area (Å²) in [5.41, 5.74) is 1.93. The van der Waals surface area contributed by atoms with Crippen molar-refractivity contribution in [1.82, 2.24) is 4.98 Å². The first kappa shape index (κ1) is 9.71. The van der Waals surface area contributed by atoms with E-state index in [0.29, 0.717) is 10.9 Å². The van der Waals surface area contributed by atoms with Crippen molar-refractivity contribution in [2.75, 3.05) is 0 Å². The van der Waals surface area contributed by atoms with Crippen molar-refractivity contribution in [1.29, 1.82) is 0 Å². The summed E-state index contributed by atoms with van der Waals surface area (Å²) < 4.78 is 13.6. The SMILES string of the molecule is Cc1cc(C)c2[nH]c(C(=O)O)c(F)c2c1. The number of aromatic amines is 1. The topological polar surface area (TPSA) is 53.1 Å². The number of hydrogen-bond donors (Lipinski definition) is 2. The third-order valence-electron chi connectivity index (χ3n) is 2.40. The molecule has 2 rings (SSSR count). The number of carboxylic acid groups (broad SMARTS) is 1. The van der Waals surface area contributed by atoms with Crippen LogP contribution in [-0.4, -0.2) is 16.1 Å². The normalized spacial score (nSPS) is 10.9. The monoisotopic (exact) mass is 207 g/mol. The van der Waals surface area contributed by atoms with E-state index in [1.165, 1.54) is 0 Å². The molecule has 0 aliphatic carbocycles. The molecule has 0 saturated carbocycles. The Bertz CT molecular complexity index is 557. The van der Waals surface area contributed by atoms with Gasteiger partial charge in [0.15, 0.2) is 11.5 Å². The molecule has 0 aliphatic heterocycles. The van der Waals surface area contributed by atoms with Crippen LogP contribution in [0.15, 0.2) is 12.1 Å². The number of aromatic nitrogens is 1. The van der Waals surface area contributed by atoms with Crippen LogP contribution in [0.2, 0.25) is 0 Å². The van der Waals surface area contributed by atoms with Crippen LogP contribution in [0, 0.1) is 19.7 Å². The van der Waals surface area contributed by atoms with Crippen LogP contribution < -0.4 is 0 Å². The predicted octanol–water partition coefficient (Wildman–Crippen LogP) is 2.62. The zero-order valence-electron chi connectivity index (χ0n) is 8.39. The number of carboxylic acids is 1. The molecule has 0 amide bonds. The molecule has 1 aromatic heterocycles. The van der Waals surface area contributed by atoms with Crippen LogP contribution in [0.1, 0.15) is 21.6 Å². The van der Waals surface area contributed by atoms with Gasteiger partial charge in [-0.2, -0.15) is 0 Å².